The summed E-state index contributed by atoms with van der Waals surface area (Å²) in [5, 5.41) is 2.87. The molecule has 0 aliphatic carbocycles. The lowest BCUT2D eigenvalue weighted by atomic mass is 10.1. The molecule has 33 heavy (non-hydrogen) atoms. The Morgan fingerprint density at radius 3 is 1.88 bits per heavy atom. The maximum absolute atomic E-state index is 13.1. The van der Waals surface area contributed by atoms with Crippen LogP contribution in [0.2, 0.25) is 0 Å². The number of amides is 2. The van der Waals surface area contributed by atoms with Crippen LogP contribution < -0.4 is 10.1 Å². The van der Waals surface area contributed by atoms with Gasteiger partial charge in [0.15, 0.2) is 5.57 Å². The number of benzene rings is 2. The lowest BCUT2D eigenvalue weighted by molar-refractivity contribution is -0.146. The lowest BCUT2D eigenvalue weighted by Gasteiger charge is -2.27. The Labute approximate surface area is 190 Å². The molecule has 9 nitrogen and oxygen atoms in total. The summed E-state index contributed by atoms with van der Waals surface area (Å²) >= 11 is 0. The zero-order valence-electron chi connectivity index (χ0n) is 18.5. The van der Waals surface area contributed by atoms with Crippen LogP contribution in [-0.4, -0.2) is 49.0 Å². The second-order valence-corrected chi connectivity index (χ2v) is 6.87. The van der Waals surface area contributed by atoms with E-state index in [0.717, 1.165) is 11.1 Å². The summed E-state index contributed by atoms with van der Waals surface area (Å²) in [6, 6.07) is 13.2. The molecule has 2 aromatic rings. The van der Waals surface area contributed by atoms with Gasteiger partial charge in [-0.25, -0.2) is 14.5 Å². The normalized spacial score (nSPS) is 13.1. The highest BCUT2D eigenvalue weighted by molar-refractivity contribution is 6.21. The van der Waals surface area contributed by atoms with Gasteiger partial charge < -0.3 is 19.5 Å². The summed E-state index contributed by atoms with van der Waals surface area (Å²) in [6.07, 6.45) is 0.0798. The van der Waals surface area contributed by atoms with E-state index in [2.05, 4.69) is 5.32 Å². The number of ether oxygens (including phenoxy) is 3. The van der Waals surface area contributed by atoms with Gasteiger partial charge in [-0.05, 0) is 43.7 Å². The van der Waals surface area contributed by atoms with Gasteiger partial charge in [0.2, 0.25) is 0 Å². The molecule has 172 valence electrons. The number of carbonyl (C=O) groups excluding carboxylic acids is 4. The SMILES string of the molecule is CCOC(=O)C(=CNC(c1ccc(OC)cc1)N1C(=O)c2ccccc2C1=O)C(=O)OCC. The van der Waals surface area contributed by atoms with Gasteiger partial charge in [-0.1, -0.05) is 24.3 Å². The zero-order chi connectivity index (χ0) is 24.0. The third kappa shape index (κ3) is 4.87. The van der Waals surface area contributed by atoms with Crippen molar-refractivity contribution >= 4 is 23.8 Å². The van der Waals surface area contributed by atoms with E-state index in [-0.39, 0.29) is 24.3 Å². The predicted molar refractivity (Wildman–Crippen MR) is 117 cm³/mol. The number of hydrogen-bond acceptors (Lipinski definition) is 8. The molecule has 0 fully saturated rings. The first-order chi connectivity index (χ1) is 15.9. The fourth-order valence-electron chi connectivity index (χ4n) is 3.33. The minimum atomic E-state index is -1.03. The van der Waals surface area contributed by atoms with E-state index in [1.165, 1.54) is 7.11 Å². The number of carbonyl (C=O) groups is 4. The number of esters is 2. The van der Waals surface area contributed by atoms with Gasteiger partial charge in [0.1, 0.15) is 11.9 Å². The first kappa shape index (κ1) is 23.5. The van der Waals surface area contributed by atoms with Gasteiger partial charge in [-0.15, -0.1) is 0 Å². The number of hydrogen-bond donors (Lipinski definition) is 1. The van der Waals surface area contributed by atoms with Crippen molar-refractivity contribution in [3.63, 3.8) is 0 Å². The highest BCUT2D eigenvalue weighted by atomic mass is 16.6. The number of fused-ring (bicyclic) bond motifs is 1. The summed E-state index contributed by atoms with van der Waals surface area (Å²) in [7, 11) is 1.52. The molecule has 0 saturated carbocycles. The topological polar surface area (TPSA) is 111 Å². The van der Waals surface area contributed by atoms with Crippen molar-refractivity contribution < 1.29 is 33.4 Å². The van der Waals surface area contributed by atoms with Crippen LogP contribution in [0.25, 0.3) is 0 Å². The van der Waals surface area contributed by atoms with Gasteiger partial charge >= 0.3 is 11.9 Å². The standard InChI is InChI=1S/C24H24N2O7/c1-4-32-23(29)19(24(30)33-5-2)14-25-20(15-10-12-16(31-3)13-11-15)26-21(27)17-8-6-7-9-18(17)22(26)28/h6-14,20,25H,4-5H2,1-3H3. The lowest BCUT2D eigenvalue weighted by Crippen LogP contribution is -2.40. The summed E-state index contributed by atoms with van der Waals surface area (Å²) in [5.41, 5.74) is 0.660. The van der Waals surface area contributed by atoms with E-state index in [0.29, 0.717) is 11.3 Å². The number of nitrogens with one attached hydrogen (secondary N) is 1. The van der Waals surface area contributed by atoms with Crippen LogP contribution in [0.3, 0.4) is 0 Å². The minimum Gasteiger partial charge on any atom is -0.497 e. The molecule has 1 aliphatic rings. The third-order valence-corrected chi connectivity index (χ3v) is 4.89. The molecule has 1 N–H and O–H groups in total. The molecule has 2 amide bonds. The number of methoxy groups -OCH3 is 1. The molecule has 0 saturated heterocycles. The average molecular weight is 452 g/mol. The summed E-state index contributed by atoms with van der Waals surface area (Å²) in [4.78, 5) is 51.9. The monoisotopic (exact) mass is 452 g/mol. The van der Waals surface area contributed by atoms with Crippen LogP contribution in [0.15, 0.2) is 60.3 Å². The van der Waals surface area contributed by atoms with E-state index >= 15 is 0 Å². The van der Waals surface area contributed by atoms with Crippen LogP contribution in [0.4, 0.5) is 0 Å². The molecule has 0 radical (unpaired) electrons. The van der Waals surface area contributed by atoms with Gasteiger partial charge in [0, 0.05) is 6.20 Å². The van der Waals surface area contributed by atoms with Crippen molar-refractivity contribution in [2.24, 2.45) is 0 Å². The van der Waals surface area contributed by atoms with E-state index < -0.39 is 35.5 Å². The van der Waals surface area contributed by atoms with Gasteiger partial charge in [-0.3, -0.25) is 9.59 Å². The molecule has 0 spiro atoms. The fraction of sp³-hybridized carbons (Fsp3) is 0.250. The fourth-order valence-corrected chi connectivity index (χ4v) is 3.33. The van der Waals surface area contributed by atoms with Gasteiger partial charge in [0.05, 0.1) is 31.5 Å². The van der Waals surface area contributed by atoms with Crippen LogP contribution in [0.1, 0.15) is 46.3 Å². The summed E-state index contributed by atoms with van der Waals surface area (Å²) in [6.45, 7) is 3.31. The number of rotatable bonds is 9. The Hall–Kier alpha value is -4.14. The molecule has 1 heterocycles. The Kier molecular flexibility index (Phi) is 7.45. The zero-order valence-corrected chi connectivity index (χ0v) is 18.5. The van der Waals surface area contributed by atoms with Crippen molar-refractivity contribution in [3.8, 4) is 5.75 Å². The molecule has 9 heteroatoms. The Balaban J connectivity index is 2.03. The first-order valence-corrected chi connectivity index (χ1v) is 10.3. The first-order valence-electron chi connectivity index (χ1n) is 10.3. The molecule has 1 aliphatic heterocycles. The Morgan fingerprint density at radius 1 is 0.909 bits per heavy atom. The predicted octanol–water partition coefficient (Wildman–Crippen LogP) is 2.59. The molecule has 0 aromatic heterocycles. The maximum Gasteiger partial charge on any atom is 0.347 e. The average Bonchev–Trinajstić information content (AvgIpc) is 3.07. The summed E-state index contributed by atoms with van der Waals surface area (Å²) < 4.78 is 15.1. The van der Waals surface area contributed by atoms with Crippen molar-refractivity contribution in [2.45, 2.75) is 20.0 Å². The van der Waals surface area contributed by atoms with Gasteiger partial charge in [0.25, 0.3) is 11.8 Å². The highest BCUT2D eigenvalue weighted by Gasteiger charge is 2.40. The molecule has 3 rings (SSSR count). The second-order valence-electron chi connectivity index (χ2n) is 6.87. The van der Waals surface area contributed by atoms with Crippen molar-refractivity contribution in [3.05, 3.63) is 77.0 Å². The molecule has 1 unspecified atom stereocenters. The molecular weight excluding hydrogens is 428 g/mol. The molecule has 1 atom stereocenters. The largest absolute Gasteiger partial charge is 0.497 e. The number of nitrogens with zero attached hydrogens (tertiary/aromatic N) is 1. The third-order valence-electron chi connectivity index (χ3n) is 4.89. The van der Waals surface area contributed by atoms with Crippen molar-refractivity contribution in [1.82, 2.24) is 10.2 Å². The van der Waals surface area contributed by atoms with Gasteiger partial charge in [-0.2, -0.15) is 0 Å². The van der Waals surface area contributed by atoms with E-state index in [1.807, 2.05) is 0 Å². The second kappa shape index (κ2) is 10.4. The Morgan fingerprint density at radius 2 is 1.42 bits per heavy atom. The number of imide groups is 1. The van der Waals surface area contributed by atoms with E-state index in [4.69, 9.17) is 14.2 Å². The maximum atomic E-state index is 13.1. The minimum absolute atomic E-state index is 0.0515. The van der Waals surface area contributed by atoms with E-state index in [9.17, 15) is 19.2 Å². The van der Waals surface area contributed by atoms with Crippen LogP contribution in [-0.2, 0) is 19.1 Å². The van der Waals surface area contributed by atoms with Crippen molar-refractivity contribution in [1.29, 1.82) is 0 Å². The van der Waals surface area contributed by atoms with Crippen LogP contribution in [0.5, 0.6) is 5.75 Å². The van der Waals surface area contributed by atoms with Crippen molar-refractivity contribution in [2.75, 3.05) is 20.3 Å². The van der Waals surface area contributed by atoms with Crippen LogP contribution in [0, 0.1) is 0 Å². The van der Waals surface area contributed by atoms with Crippen LogP contribution >= 0.6 is 0 Å². The van der Waals surface area contributed by atoms with E-state index in [1.54, 1.807) is 62.4 Å². The Bertz CT molecular complexity index is 1040. The molecular formula is C24H24N2O7. The molecule has 0 bridgehead atoms. The quantitative estimate of drug-likeness (QED) is 0.203. The highest BCUT2D eigenvalue weighted by Crippen LogP contribution is 2.31. The smallest absolute Gasteiger partial charge is 0.347 e. The molecule has 2 aromatic carbocycles. The summed E-state index contributed by atoms with van der Waals surface area (Å²) in [5.74, 6) is -2.22.